The van der Waals surface area contributed by atoms with Crippen LogP contribution in [0, 0.1) is 17.5 Å². The van der Waals surface area contributed by atoms with Crippen molar-refractivity contribution in [1.29, 1.82) is 0 Å². The van der Waals surface area contributed by atoms with Gasteiger partial charge in [0.2, 0.25) is 0 Å². The van der Waals surface area contributed by atoms with Crippen molar-refractivity contribution in [3.63, 3.8) is 0 Å². The molecule has 0 aliphatic carbocycles. The van der Waals surface area contributed by atoms with Crippen molar-refractivity contribution in [3.8, 4) is 11.5 Å². The molecule has 8 nitrogen and oxygen atoms in total. The number of aliphatic carboxylic acids is 1. The Balaban J connectivity index is 1.54. The summed E-state index contributed by atoms with van der Waals surface area (Å²) in [6.45, 7) is 2.34. The van der Waals surface area contributed by atoms with Crippen LogP contribution in [0.2, 0.25) is 0 Å². The molecule has 3 aromatic carbocycles. The van der Waals surface area contributed by atoms with E-state index in [1.165, 1.54) is 35.2 Å². The SMILES string of the molecule is CCOC(Cc1ccc(OCCN(CCCOc2ccc(F)cc2)C(=O)OCc2ccc(F)cc2F)cc1)C(=O)O. The van der Waals surface area contributed by atoms with Crippen molar-refractivity contribution in [3.05, 3.63) is 95.3 Å². The first-order valence-electron chi connectivity index (χ1n) is 13.0. The number of ether oxygens (including phenoxy) is 4. The highest BCUT2D eigenvalue weighted by atomic mass is 19.1. The van der Waals surface area contributed by atoms with Gasteiger partial charge in [-0.2, -0.15) is 0 Å². The molecular weight excluding hydrogens is 543 g/mol. The fourth-order valence-corrected chi connectivity index (χ4v) is 3.77. The van der Waals surface area contributed by atoms with Crippen molar-refractivity contribution in [2.75, 3.05) is 32.9 Å². The predicted octanol–water partition coefficient (Wildman–Crippen LogP) is 5.62. The minimum Gasteiger partial charge on any atom is -0.494 e. The van der Waals surface area contributed by atoms with E-state index in [-0.39, 0.29) is 57.3 Å². The number of halogens is 3. The topological polar surface area (TPSA) is 94.5 Å². The number of carbonyl (C=O) groups is 2. The number of hydrogen-bond donors (Lipinski definition) is 1. The van der Waals surface area contributed by atoms with E-state index in [1.54, 1.807) is 31.2 Å². The van der Waals surface area contributed by atoms with Gasteiger partial charge >= 0.3 is 12.1 Å². The Labute approximate surface area is 236 Å². The smallest absolute Gasteiger partial charge is 0.410 e. The summed E-state index contributed by atoms with van der Waals surface area (Å²) in [5.74, 6) is -1.98. The average Bonchev–Trinajstić information content (AvgIpc) is 2.95. The predicted molar refractivity (Wildman–Crippen MR) is 143 cm³/mol. The van der Waals surface area contributed by atoms with Gasteiger partial charge in [-0.15, -0.1) is 0 Å². The summed E-state index contributed by atoms with van der Waals surface area (Å²) < 4.78 is 62.1. The zero-order chi connectivity index (χ0) is 29.6. The number of carboxylic acids is 1. The van der Waals surface area contributed by atoms with E-state index in [0.29, 0.717) is 24.0 Å². The van der Waals surface area contributed by atoms with Gasteiger partial charge in [-0.05, 0) is 67.4 Å². The Morgan fingerprint density at radius 2 is 1.49 bits per heavy atom. The molecular formula is C30H32F3NO7. The molecule has 0 spiro atoms. The highest BCUT2D eigenvalue weighted by molar-refractivity contribution is 5.72. The Morgan fingerprint density at radius 3 is 2.12 bits per heavy atom. The molecule has 0 fully saturated rings. The van der Waals surface area contributed by atoms with E-state index < -0.39 is 29.8 Å². The molecule has 41 heavy (non-hydrogen) atoms. The molecule has 0 saturated carbocycles. The molecule has 1 N–H and O–H groups in total. The number of rotatable bonds is 16. The lowest BCUT2D eigenvalue weighted by Gasteiger charge is -2.22. The summed E-state index contributed by atoms with van der Waals surface area (Å²) in [6, 6.07) is 15.4. The normalized spacial score (nSPS) is 11.5. The summed E-state index contributed by atoms with van der Waals surface area (Å²) in [4.78, 5) is 25.5. The first-order chi connectivity index (χ1) is 19.7. The van der Waals surface area contributed by atoms with Crippen molar-refractivity contribution in [2.24, 2.45) is 0 Å². The average molecular weight is 576 g/mol. The monoisotopic (exact) mass is 575 g/mol. The molecule has 0 saturated heterocycles. The Hall–Kier alpha value is -4.25. The minimum atomic E-state index is -1.04. The number of nitrogens with zero attached hydrogens (tertiary/aromatic N) is 1. The second kappa shape index (κ2) is 16.1. The van der Waals surface area contributed by atoms with Crippen LogP contribution < -0.4 is 9.47 Å². The van der Waals surface area contributed by atoms with Crippen LogP contribution >= 0.6 is 0 Å². The van der Waals surface area contributed by atoms with Crippen LogP contribution in [0.3, 0.4) is 0 Å². The quantitative estimate of drug-likeness (QED) is 0.222. The third-order valence-corrected chi connectivity index (χ3v) is 5.90. The highest BCUT2D eigenvalue weighted by Crippen LogP contribution is 2.16. The molecule has 3 rings (SSSR count). The first-order valence-corrected chi connectivity index (χ1v) is 13.0. The number of carboxylic acid groups (broad SMARTS) is 1. The molecule has 0 radical (unpaired) electrons. The van der Waals surface area contributed by atoms with Crippen LogP contribution in [0.25, 0.3) is 0 Å². The summed E-state index contributed by atoms with van der Waals surface area (Å²) in [7, 11) is 0. The van der Waals surface area contributed by atoms with Crippen LogP contribution in [0.1, 0.15) is 24.5 Å². The van der Waals surface area contributed by atoms with Crippen LogP contribution in [-0.4, -0.2) is 61.1 Å². The van der Waals surface area contributed by atoms with E-state index in [2.05, 4.69) is 0 Å². The fourth-order valence-electron chi connectivity index (χ4n) is 3.77. The highest BCUT2D eigenvalue weighted by Gasteiger charge is 2.19. The largest absolute Gasteiger partial charge is 0.494 e. The maximum absolute atomic E-state index is 14.0. The molecule has 1 atom stereocenters. The fraction of sp³-hybridized carbons (Fsp3) is 0.333. The van der Waals surface area contributed by atoms with E-state index >= 15 is 0 Å². The van der Waals surface area contributed by atoms with Crippen LogP contribution in [0.4, 0.5) is 18.0 Å². The number of carbonyl (C=O) groups excluding carboxylic acids is 1. The summed E-state index contributed by atoms with van der Waals surface area (Å²) in [6.07, 6.45) is -1.04. The van der Waals surface area contributed by atoms with Gasteiger partial charge in [-0.3, -0.25) is 0 Å². The second-order valence-electron chi connectivity index (χ2n) is 8.91. The summed E-state index contributed by atoms with van der Waals surface area (Å²) in [5, 5.41) is 9.26. The van der Waals surface area contributed by atoms with E-state index in [0.717, 1.165) is 11.6 Å². The molecule has 220 valence electrons. The number of amides is 1. The van der Waals surface area contributed by atoms with Crippen LogP contribution in [0.15, 0.2) is 66.7 Å². The van der Waals surface area contributed by atoms with Gasteiger partial charge in [0.25, 0.3) is 0 Å². The Bertz CT molecular complexity index is 1260. The maximum atomic E-state index is 14.0. The molecule has 1 amide bonds. The third-order valence-electron chi connectivity index (χ3n) is 5.90. The van der Waals surface area contributed by atoms with Gasteiger partial charge in [0.15, 0.2) is 6.10 Å². The second-order valence-corrected chi connectivity index (χ2v) is 8.91. The molecule has 0 bridgehead atoms. The number of hydrogen-bond acceptors (Lipinski definition) is 6. The van der Waals surface area contributed by atoms with Gasteiger partial charge in [0, 0.05) is 31.2 Å². The van der Waals surface area contributed by atoms with Gasteiger partial charge < -0.3 is 29.0 Å². The van der Waals surface area contributed by atoms with Crippen LogP contribution in [-0.2, 0) is 27.3 Å². The van der Waals surface area contributed by atoms with Crippen molar-refractivity contribution in [2.45, 2.75) is 32.5 Å². The van der Waals surface area contributed by atoms with Gasteiger partial charge in [-0.1, -0.05) is 12.1 Å². The van der Waals surface area contributed by atoms with E-state index in [9.17, 15) is 27.9 Å². The molecule has 0 heterocycles. The van der Waals surface area contributed by atoms with E-state index in [1.807, 2.05) is 0 Å². The Kier molecular flexibility index (Phi) is 12.3. The number of benzene rings is 3. The minimum absolute atomic E-state index is 0.0326. The Morgan fingerprint density at radius 1 is 0.854 bits per heavy atom. The van der Waals surface area contributed by atoms with Gasteiger partial charge in [-0.25, -0.2) is 22.8 Å². The maximum Gasteiger partial charge on any atom is 0.410 e. The first kappa shape index (κ1) is 31.3. The lowest BCUT2D eigenvalue weighted by atomic mass is 10.1. The van der Waals surface area contributed by atoms with Crippen molar-refractivity contribution in [1.82, 2.24) is 4.90 Å². The standard InChI is InChI=1S/C30H32F3NO7/c1-2-38-28(29(35)36)18-21-4-10-25(11-5-21)40-17-15-34(14-3-16-39-26-12-8-23(31)9-13-26)30(37)41-20-22-6-7-24(32)19-27(22)33/h4-13,19,28H,2-3,14-18,20H2,1H3,(H,35,36). The lowest BCUT2D eigenvalue weighted by Crippen LogP contribution is -2.36. The third kappa shape index (κ3) is 10.7. The van der Waals surface area contributed by atoms with Gasteiger partial charge in [0.1, 0.15) is 42.2 Å². The molecule has 0 aliphatic heterocycles. The van der Waals surface area contributed by atoms with Gasteiger partial charge in [0.05, 0.1) is 13.2 Å². The zero-order valence-electron chi connectivity index (χ0n) is 22.6. The molecule has 0 aliphatic rings. The van der Waals surface area contributed by atoms with Crippen molar-refractivity contribution < 1.29 is 46.8 Å². The summed E-state index contributed by atoms with van der Waals surface area (Å²) in [5.41, 5.74) is 0.794. The lowest BCUT2D eigenvalue weighted by molar-refractivity contribution is -0.149. The molecule has 0 aromatic heterocycles. The zero-order valence-corrected chi connectivity index (χ0v) is 22.6. The molecule has 11 heteroatoms. The molecule has 3 aromatic rings. The molecule has 1 unspecified atom stereocenters. The van der Waals surface area contributed by atoms with E-state index in [4.69, 9.17) is 18.9 Å². The van der Waals surface area contributed by atoms with Crippen molar-refractivity contribution >= 4 is 12.1 Å². The summed E-state index contributed by atoms with van der Waals surface area (Å²) >= 11 is 0. The van der Waals surface area contributed by atoms with Crippen LogP contribution in [0.5, 0.6) is 11.5 Å².